The van der Waals surface area contributed by atoms with Gasteiger partial charge in [-0.25, -0.2) is 4.79 Å². The van der Waals surface area contributed by atoms with Crippen molar-refractivity contribution in [3.63, 3.8) is 0 Å². The zero-order valence-electron chi connectivity index (χ0n) is 11.6. The van der Waals surface area contributed by atoms with E-state index in [1.165, 1.54) is 0 Å². The van der Waals surface area contributed by atoms with Crippen LogP contribution in [0.25, 0.3) is 0 Å². The van der Waals surface area contributed by atoms with Crippen LogP contribution in [0.2, 0.25) is 0 Å². The molecule has 0 aromatic heterocycles. The molecule has 0 aromatic carbocycles. The van der Waals surface area contributed by atoms with Gasteiger partial charge in [-0.1, -0.05) is 0 Å². The maximum absolute atomic E-state index is 10.3. The summed E-state index contributed by atoms with van der Waals surface area (Å²) in [4.78, 5) is 40.2. The van der Waals surface area contributed by atoms with Crippen LogP contribution in [0.3, 0.4) is 0 Å². The van der Waals surface area contributed by atoms with Crippen molar-refractivity contribution in [3.05, 3.63) is 0 Å². The molecule has 0 rings (SSSR count). The van der Waals surface area contributed by atoms with Crippen LogP contribution in [0.5, 0.6) is 0 Å². The van der Waals surface area contributed by atoms with Crippen molar-refractivity contribution in [3.8, 4) is 0 Å². The molecular formula is C11H18O12. The van der Waals surface area contributed by atoms with Gasteiger partial charge < -0.3 is 45.6 Å². The first-order chi connectivity index (χ1) is 10.4. The van der Waals surface area contributed by atoms with E-state index in [0.29, 0.717) is 0 Å². The Bertz CT molecular complexity index is 403. The van der Waals surface area contributed by atoms with E-state index in [4.69, 9.17) is 40.9 Å². The van der Waals surface area contributed by atoms with Crippen molar-refractivity contribution in [2.45, 2.75) is 36.8 Å². The maximum atomic E-state index is 10.3. The number of carbonyl (C=O) groups excluding carboxylic acids is 1. The normalized spacial score (nSPS) is 14.7. The first-order valence-corrected chi connectivity index (χ1v) is 5.91. The molecule has 0 spiro atoms. The van der Waals surface area contributed by atoms with Gasteiger partial charge in [0, 0.05) is 0 Å². The molecule has 12 nitrogen and oxygen atoms in total. The van der Waals surface area contributed by atoms with Crippen molar-refractivity contribution in [1.82, 2.24) is 0 Å². The molecule has 0 unspecified atom stereocenters. The Labute approximate surface area is 128 Å². The lowest BCUT2D eigenvalue weighted by molar-refractivity contribution is -0.170. The molecule has 0 amide bonds. The fourth-order valence-corrected chi connectivity index (χ4v) is 1.13. The van der Waals surface area contributed by atoms with Gasteiger partial charge in [0.2, 0.25) is 0 Å². The topological polar surface area (TPSA) is 230 Å². The van der Waals surface area contributed by atoms with Crippen molar-refractivity contribution in [2.75, 3.05) is 6.61 Å². The second-order valence-corrected chi connectivity index (χ2v) is 4.34. The molecule has 0 aliphatic heterocycles. The van der Waals surface area contributed by atoms with E-state index in [2.05, 4.69) is 0 Å². The zero-order valence-corrected chi connectivity index (χ0v) is 11.6. The summed E-state index contributed by atoms with van der Waals surface area (Å²) >= 11 is 0. The number of aliphatic hydroxyl groups is 5. The molecule has 0 aliphatic rings. The highest BCUT2D eigenvalue weighted by Gasteiger charge is 2.40. The van der Waals surface area contributed by atoms with Crippen molar-refractivity contribution in [1.29, 1.82) is 0 Å². The first-order valence-electron chi connectivity index (χ1n) is 5.91. The molecule has 0 radical (unpaired) electrons. The van der Waals surface area contributed by atoms with Crippen LogP contribution in [-0.2, 0) is 19.2 Å². The molecular weight excluding hydrogens is 324 g/mol. The lowest BCUT2D eigenvalue weighted by atomic mass is 9.96. The summed E-state index contributed by atoms with van der Waals surface area (Å²) in [6.45, 7) is -0.688. The lowest BCUT2D eigenvalue weighted by Crippen LogP contribution is -2.42. The summed E-state index contributed by atoms with van der Waals surface area (Å²) in [5, 5.41) is 67.9. The fourth-order valence-electron chi connectivity index (χ4n) is 1.13. The average molecular weight is 342 g/mol. The summed E-state index contributed by atoms with van der Waals surface area (Å²) < 4.78 is 0. The summed E-state index contributed by atoms with van der Waals surface area (Å²) in [5.74, 6) is -5.02. The smallest absolute Gasteiger partial charge is 0.336 e. The highest BCUT2D eigenvalue weighted by molar-refractivity contribution is 5.88. The van der Waals surface area contributed by atoms with E-state index in [1.807, 2.05) is 0 Å². The molecule has 0 heterocycles. The number of aliphatic hydroxyl groups excluding tert-OH is 4. The fraction of sp³-hybridized carbons (Fsp3) is 0.636. The molecule has 0 saturated carbocycles. The third-order valence-electron chi connectivity index (χ3n) is 2.36. The molecule has 0 aromatic rings. The number of aliphatic carboxylic acids is 3. The van der Waals surface area contributed by atoms with Crippen LogP contribution >= 0.6 is 0 Å². The molecule has 0 fully saturated rings. The molecule has 3 atom stereocenters. The van der Waals surface area contributed by atoms with Crippen LogP contribution < -0.4 is 0 Å². The van der Waals surface area contributed by atoms with Crippen LogP contribution in [0.15, 0.2) is 0 Å². The SMILES string of the molecule is O=C(O)CC(O)(CC(=O)O)C(=O)O.O=C[C@@H](O)[C@H](O)[C@H](O)CO. The van der Waals surface area contributed by atoms with E-state index in [0.717, 1.165) is 0 Å². The number of hydrogen-bond acceptors (Lipinski definition) is 9. The van der Waals surface area contributed by atoms with E-state index >= 15 is 0 Å². The number of hydrogen-bond donors (Lipinski definition) is 8. The van der Waals surface area contributed by atoms with Gasteiger partial charge in [0.25, 0.3) is 0 Å². The van der Waals surface area contributed by atoms with E-state index in [1.54, 1.807) is 0 Å². The van der Waals surface area contributed by atoms with Crippen molar-refractivity contribution < 1.29 is 60.0 Å². The monoisotopic (exact) mass is 342 g/mol. The number of rotatable bonds is 9. The van der Waals surface area contributed by atoms with Gasteiger partial charge in [0.1, 0.15) is 18.3 Å². The van der Waals surface area contributed by atoms with Gasteiger partial charge in [0.05, 0.1) is 19.4 Å². The lowest BCUT2D eigenvalue weighted by Gasteiger charge is -2.18. The number of carboxylic acid groups (broad SMARTS) is 3. The molecule has 12 heteroatoms. The zero-order chi connectivity index (χ0) is 18.8. The van der Waals surface area contributed by atoms with Gasteiger partial charge in [0.15, 0.2) is 11.9 Å². The van der Waals surface area contributed by atoms with Gasteiger partial charge in [-0.2, -0.15) is 0 Å². The van der Waals surface area contributed by atoms with Gasteiger partial charge >= 0.3 is 17.9 Å². The largest absolute Gasteiger partial charge is 0.481 e. The predicted molar refractivity (Wildman–Crippen MR) is 68.3 cm³/mol. The Kier molecular flexibility index (Phi) is 10.6. The van der Waals surface area contributed by atoms with Crippen LogP contribution in [0.1, 0.15) is 12.8 Å². The van der Waals surface area contributed by atoms with E-state index < -0.39 is 61.3 Å². The third-order valence-corrected chi connectivity index (χ3v) is 2.36. The molecule has 0 bridgehead atoms. The Morgan fingerprint density at radius 3 is 1.57 bits per heavy atom. The second-order valence-electron chi connectivity index (χ2n) is 4.34. The minimum absolute atomic E-state index is 0.0869. The molecule has 0 aliphatic carbocycles. The van der Waals surface area contributed by atoms with Crippen molar-refractivity contribution in [2.24, 2.45) is 0 Å². The Morgan fingerprint density at radius 1 is 0.957 bits per heavy atom. The molecule has 0 saturated heterocycles. The van der Waals surface area contributed by atoms with Crippen LogP contribution in [0, 0.1) is 0 Å². The summed E-state index contributed by atoms with van der Waals surface area (Å²) in [6, 6.07) is 0. The molecule has 23 heavy (non-hydrogen) atoms. The number of aldehydes is 1. The summed E-state index contributed by atoms with van der Waals surface area (Å²) in [7, 11) is 0. The standard InChI is InChI=1S/C6H8O7.C5H10O5/c7-3(8)1-6(13,5(11)12)2-4(9)10;6-1-3(8)5(10)4(9)2-7/h13H,1-2H2,(H,7,8)(H,9,10)(H,11,12);1,3-5,7-10H,2H2/t;3-,4-,5+/m.1/s1. The number of carboxylic acids is 3. The predicted octanol–water partition coefficient (Wildman–Crippen LogP) is -3.99. The Hall–Kier alpha value is -2.12. The molecule has 8 N–H and O–H groups in total. The summed E-state index contributed by atoms with van der Waals surface area (Å²) in [5.41, 5.74) is -2.74. The minimum atomic E-state index is -2.74. The van der Waals surface area contributed by atoms with Gasteiger partial charge in [-0.05, 0) is 0 Å². The third kappa shape index (κ3) is 9.49. The highest BCUT2D eigenvalue weighted by Crippen LogP contribution is 2.15. The summed E-state index contributed by atoms with van der Waals surface area (Å²) in [6.07, 6.45) is -6.92. The quantitative estimate of drug-likeness (QED) is 0.187. The molecule has 134 valence electrons. The Balaban J connectivity index is 0. The van der Waals surface area contributed by atoms with Gasteiger partial charge in [-0.3, -0.25) is 9.59 Å². The highest BCUT2D eigenvalue weighted by atomic mass is 16.4. The van der Waals surface area contributed by atoms with E-state index in [-0.39, 0.29) is 6.29 Å². The Morgan fingerprint density at radius 2 is 1.35 bits per heavy atom. The van der Waals surface area contributed by atoms with E-state index in [9.17, 15) is 19.2 Å². The number of carbonyl (C=O) groups is 4. The minimum Gasteiger partial charge on any atom is -0.481 e. The maximum Gasteiger partial charge on any atom is 0.336 e. The van der Waals surface area contributed by atoms with Crippen LogP contribution in [0.4, 0.5) is 0 Å². The van der Waals surface area contributed by atoms with Gasteiger partial charge in [-0.15, -0.1) is 0 Å². The first kappa shape index (κ1) is 23.2. The van der Waals surface area contributed by atoms with Crippen LogP contribution in [-0.4, -0.2) is 95.6 Å². The second kappa shape index (κ2) is 10.6. The van der Waals surface area contributed by atoms with Crippen molar-refractivity contribution >= 4 is 24.2 Å². The average Bonchev–Trinajstić information content (AvgIpc) is 2.43.